The zero-order valence-corrected chi connectivity index (χ0v) is 5.24. The van der Waals surface area contributed by atoms with E-state index in [9.17, 15) is 0 Å². The molecule has 8 heavy (non-hydrogen) atoms. The second-order valence-corrected chi connectivity index (χ2v) is 1.91. The van der Waals surface area contributed by atoms with Crippen molar-refractivity contribution >= 4 is 11.6 Å². The van der Waals surface area contributed by atoms with Crippen LogP contribution < -0.4 is 0 Å². The number of hydrogen-bond donors (Lipinski definition) is 0. The van der Waals surface area contributed by atoms with Crippen LogP contribution in [0.25, 0.3) is 0 Å². The summed E-state index contributed by atoms with van der Waals surface area (Å²) in [7, 11) is 0. The topological polar surface area (TPSA) is 12.9 Å². The Morgan fingerprint density at radius 2 is 2.50 bits per heavy atom. The Morgan fingerprint density at radius 1 is 1.75 bits per heavy atom. The van der Waals surface area contributed by atoms with E-state index in [1.54, 1.807) is 6.07 Å². The molecule has 1 radical (unpaired) electrons. The van der Waals surface area contributed by atoms with E-state index in [2.05, 4.69) is 11.2 Å². The molecule has 0 saturated carbocycles. The zero-order valence-electron chi connectivity index (χ0n) is 4.48. The SMILES string of the molecule is Cc1cc[c]nc1Cl. The van der Waals surface area contributed by atoms with E-state index >= 15 is 0 Å². The second kappa shape index (κ2) is 2.14. The molecule has 0 fully saturated rings. The molecular weight excluding hydrogens is 122 g/mol. The van der Waals surface area contributed by atoms with Crippen molar-refractivity contribution in [2.45, 2.75) is 6.92 Å². The first-order chi connectivity index (χ1) is 3.80. The minimum Gasteiger partial charge on any atom is -0.234 e. The van der Waals surface area contributed by atoms with E-state index in [0.29, 0.717) is 5.15 Å². The van der Waals surface area contributed by atoms with Gasteiger partial charge in [0, 0.05) is 0 Å². The molecule has 0 unspecified atom stereocenters. The number of aromatic nitrogens is 1. The fourth-order valence-corrected chi connectivity index (χ4v) is 0.525. The molecule has 1 nitrogen and oxygen atoms in total. The van der Waals surface area contributed by atoms with Gasteiger partial charge in [-0.2, -0.15) is 0 Å². The molecule has 0 aliphatic rings. The smallest absolute Gasteiger partial charge is 0.132 e. The highest BCUT2D eigenvalue weighted by Crippen LogP contribution is 2.07. The molecule has 0 atom stereocenters. The lowest BCUT2D eigenvalue weighted by atomic mass is 10.3. The minimum atomic E-state index is 0.535. The van der Waals surface area contributed by atoms with Gasteiger partial charge < -0.3 is 0 Å². The van der Waals surface area contributed by atoms with Gasteiger partial charge in [-0.3, -0.25) is 0 Å². The maximum Gasteiger partial charge on any atom is 0.132 e. The van der Waals surface area contributed by atoms with Crippen LogP contribution in [-0.2, 0) is 0 Å². The molecule has 0 N–H and O–H groups in total. The van der Waals surface area contributed by atoms with E-state index in [1.807, 2.05) is 13.0 Å². The lowest BCUT2D eigenvalue weighted by Gasteiger charge is -1.89. The van der Waals surface area contributed by atoms with Gasteiger partial charge in [-0.15, -0.1) is 0 Å². The Hall–Kier alpha value is -0.560. The minimum absolute atomic E-state index is 0.535. The molecule has 0 bridgehead atoms. The maximum atomic E-state index is 5.57. The molecule has 0 aliphatic carbocycles. The molecule has 1 aromatic rings. The maximum absolute atomic E-state index is 5.57. The molecule has 0 saturated heterocycles. The van der Waals surface area contributed by atoms with E-state index < -0.39 is 0 Å². The van der Waals surface area contributed by atoms with E-state index in [4.69, 9.17) is 11.6 Å². The van der Waals surface area contributed by atoms with Crippen LogP contribution in [0, 0.1) is 13.1 Å². The van der Waals surface area contributed by atoms with Crippen molar-refractivity contribution in [3.8, 4) is 0 Å². The number of hydrogen-bond acceptors (Lipinski definition) is 1. The molecule has 1 rings (SSSR count). The molecule has 0 amide bonds. The van der Waals surface area contributed by atoms with Crippen molar-refractivity contribution < 1.29 is 0 Å². The Labute approximate surface area is 53.3 Å². The van der Waals surface area contributed by atoms with E-state index in [-0.39, 0.29) is 0 Å². The first-order valence-electron chi connectivity index (χ1n) is 2.30. The van der Waals surface area contributed by atoms with Gasteiger partial charge in [-0.05, 0) is 18.6 Å². The first-order valence-corrected chi connectivity index (χ1v) is 2.67. The van der Waals surface area contributed by atoms with Gasteiger partial charge in [-0.25, -0.2) is 4.98 Å². The van der Waals surface area contributed by atoms with Crippen molar-refractivity contribution in [3.05, 3.63) is 29.0 Å². The lowest BCUT2D eigenvalue weighted by molar-refractivity contribution is 1.26. The number of halogens is 1. The molecule has 0 spiro atoms. The highest BCUT2D eigenvalue weighted by atomic mass is 35.5. The van der Waals surface area contributed by atoms with Crippen LogP contribution in [0.3, 0.4) is 0 Å². The lowest BCUT2D eigenvalue weighted by Crippen LogP contribution is -1.76. The third kappa shape index (κ3) is 0.984. The molecule has 0 aromatic carbocycles. The quantitative estimate of drug-likeness (QED) is 0.484. The van der Waals surface area contributed by atoms with Crippen LogP contribution in [0.1, 0.15) is 5.56 Å². The summed E-state index contributed by atoms with van der Waals surface area (Å²) in [6.45, 7) is 1.91. The Kier molecular flexibility index (Phi) is 1.49. The Balaban J connectivity index is 3.13. The normalized spacial score (nSPS) is 9.25. The van der Waals surface area contributed by atoms with Gasteiger partial charge in [-0.1, -0.05) is 17.7 Å². The standard InChI is InChI=1S/C6H5ClN/c1-5-3-2-4-8-6(5)7/h2-3H,1H3. The molecule has 2 heteroatoms. The number of rotatable bonds is 0. The summed E-state index contributed by atoms with van der Waals surface area (Å²) < 4.78 is 0. The fourth-order valence-electron chi connectivity index (χ4n) is 0.413. The van der Waals surface area contributed by atoms with Crippen molar-refractivity contribution in [2.75, 3.05) is 0 Å². The van der Waals surface area contributed by atoms with E-state index in [1.165, 1.54) is 0 Å². The Morgan fingerprint density at radius 3 is 2.88 bits per heavy atom. The molecule has 1 heterocycles. The monoisotopic (exact) mass is 126 g/mol. The van der Waals surface area contributed by atoms with E-state index in [0.717, 1.165) is 5.56 Å². The summed E-state index contributed by atoms with van der Waals surface area (Å²) in [4.78, 5) is 3.72. The average molecular weight is 127 g/mol. The zero-order chi connectivity index (χ0) is 5.98. The number of nitrogens with zero attached hydrogens (tertiary/aromatic N) is 1. The van der Waals surface area contributed by atoms with Crippen LogP contribution in [0.4, 0.5) is 0 Å². The largest absolute Gasteiger partial charge is 0.234 e. The number of pyridine rings is 1. The fraction of sp³-hybridized carbons (Fsp3) is 0.167. The van der Waals surface area contributed by atoms with Gasteiger partial charge in [0.15, 0.2) is 0 Å². The highest BCUT2D eigenvalue weighted by Gasteiger charge is 1.88. The van der Waals surface area contributed by atoms with Crippen LogP contribution in [0.5, 0.6) is 0 Å². The summed E-state index contributed by atoms with van der Waals surface area (Å²) >= 11 is 5.57. The van der Waals surface area contributed by atoms with Gasteiger partial charge in [0.05, 0.1) is 6.20 Å². The first kappa shape index (κ1) is 5.57. The van der Waals surface area contributed by atoms with Gasteiger partial charge in [0.2, 0.25) is 0 Å². The van der Waals surface area contributed by atoms with Crippen LogP contribution in [-0.4, -0.2) is 4.98 Å². The van der Waals surface area contributed by atoms with Gasteiger partial charge in [0.1, 0.15) is 5.15 Å². The molecule has 1 aromatic heterocycles. The Bertz CT molecular complexity index is 165. The third-order valence-corrected chi connectivity index (χ3v) is 1.28. The molecular formula is C6H5ClN. The van der Waals surface area contributed by atoms with Crippen molar-refractivity contribution in [2.24, 2.45) is 0 Å². The summed E-state index contributed by atoms with van der Waals surface area (Å²) in [5, 5.41) is 0.535. The summed E-state index contributed by atoms with van der Waals surface area (Å²) in [5.41, 5.74) is 0.991. The molecule has 41 valence electrons. The average Bonchev–Trinajstić information content (AvgIpc) is 1.77. The van der Waals surface area contributed by atoms with Crippen molar-refractivity contribution in [1.82, 2.24) is 4.98 Å². The van der Waals surface area contributed by atoms with Gasteiger partial charge >= 0.3 is 0 Å². The summed E-state index contributed by atoms with van der Waals surface area (Å²) in [6, 6.07) is 3.61. The van der Waals surface area contributed by atoms with Crippen molar-refractivity contribution in [1.29, 1.82) is 0 Å². The van der Waals surface area contributed by atoms with Crippen molar-refractivity contribution in [3.63, 3.8) is 0 Å². The summed E-state index contributed by atoms with van der Waals surface area (Å²) in [5.74, 6) is 0. The third-order valence-electron chi connectivity index (χ3n) is 0.896. The predicted molar refractivity (Wildman–Crippen MR) is 32.8 cm³/mol. The van der Waals surface area contributed by atoms with Gasteiger partial charge in [0.25, 0.3) is 0 Å². The highest BCUT2D eigenvalue weighted by molar-refractivity contribution is 6.30. The predicted octanol–water partition coefficient (Wildman–Crippen LogP) is 1.84. The van der Waals surface area contributed by atoms with Crippen LogP contribution in [0.2, 0.25) is 5.15 Å². The molecule has 0 aliphatic heterocycles. The van der Waals surface area contributed by atoms with Crippen LogP contribution >= 0.6 is 11.6 Å². The number of aryl methyl sites for hydroxylation is 1. The summed E-state index contributed by atoms with van der Waals surface area (Å²) in [6.07, 6.45) is 2.62. The second-order valence-electron chi connectivity index (χ2n) is 1.55. The van der Waals surface area contributed by atoms with Crippen LogP contribution in [0.15, 0.2) is 12.1 Å².